The molecule has 0 spiro atoms. The zero-order valence-corrected chi connectivity index (χ0v) is 11.1. The summed E-state index contributed by atoms with van der Waals surface area (Å²) in [5.74, 6) is 0. The Morgan fingerprint density at radius 1 is 1.61 bits per heavy atom. The summed E-state index contributed by atoms with van der Waals surface area (Å²) >= 11 is 1.68. The van der Waals surface area contributed by atoms with Crippen LogP contribution in [0.1, 0.15) is 18.0 Å². The van der Waals surface area contributed by atoms with Crippen LogP contribution in [0.25, 0.3) is 11.3 Å². The van der Waals surface area contributed by atoms with E-state index in [1.165, 1.54) is 0 Å². The van der Waals surface area contributed by atoms with Crippen LogP contribution < -0.4 is 5.32 Å². The molecule has 96 valence electrons. The van der Waals surface area contributed by atoms with Crippen molar-refractivity contribution in [3.05, 3.63) is 22.8 Å². The van der Waals surface area contributed by atoms with E-state index in [4.69, 9.17) is 4.74 Å². The Morgan fingerprint density at radius 3 is 3.28 bits per heavy atom. The number of nitrogens with one attached hydrogen (secondary N) is 1. The minimum atomic E-state index is 0.235. The van der Waals surface area contributed by atoms with Gasteiger partial charge in [0.05, 0.1) is 31.1 Å². The van der Waals surface area contributed by atoms with Crippen molar-refractivity contribution in [2.45, 2.75) is 19.5 Å². The van der Waals surface area contributed by atoms with Gasteiger partial charge in [0, 0.05) is 30.2 Å². The Balaban J connectivity index is 1.79. The first-order valence-corrected chi connectivity index (χ1v) is 7.04. The van der Waals surface area contributed by atoms with E-state index >= 15 is 0 Å². The van der Waals surface area contributed by atoms with Crippen molar-refractivity contribution in [1.29, 1.82) is 0 Å². The fraction of sp³-hybridized carbons (Fsp3) is 0.500. The molecule has 0 bridgehead atoms. The van der Waals surface area contributed by atoms with E-state index in [0.717, 1.165) is 36.0 Å². The third kappa shape index (κ3) is 2.31. The molecule has 5 nitrogen and oxygen atoms in total. The monoisotopic (exact) mass is 264 g/mol. The average molecular weight is 264 g/mol. The van der Waals surface area contributed by atoms with Crippen molar-refractivity contribution in [2.24, 2.45) is 0 Å². The van der Waals surface area contributed by atoms with Crippen molar-refractivity contribution < 1.29 is 4.74 Å². The van der Waals surface area contributed by atoms with Crippen molar-refractivity contribution in [1.82, 2.24) is 20.1 Å². The van der Waals surface area contributed by atoms with Crippen LogP contribution >= 0.6 is 11.3 Å². The van der Waals surface area contributed by atoms with Gasteiger partial charge in [0.2, 0.25) is 0 Å². The van der Waals surface area contributed by atoms with Crippen LogP contribution in [0.5, 0.6) is 0 Å². The first kappa shape index (κ1) is 11.8. The highest BCUT2D eigenvalue weighted by Crippen LogP contribution is 2.26. The van der Waals surface area contributed by atoms with E-state index in [1.807, 2.05) is 17.1 Å². The topological polar surface area (TPSA) is 52.0 Å². The molecule has 1 saturated heterocycles. The summed E-state index contributed by atoms with van der Waals surface area (Å²) in [5.41, 5.74) is 2.08. The molecule has 1 N–H and O–H groups in total. The molecule has 1 atom stereocenters. The van der Waals surface area contributed by atoms with E-state index in [9.17, 15) is 0 Å². The van der Waals surface area contributed by atoms with Crippen LogP contribution in [-0.4, -0.2) is 34.5 Å². The highest BCUT2D eigenvalue weighted by atomic mass is 32.1. The lowest BCUT2D eigenvalue weighted by molar-refractivity contribution is 0.0768. The maximum atomic E-state index is 5.46. The fourth-order valence-corrected chi connectivity index (χ4v) is 2.86. The molecular weight excluding hydrogens is 248 g/mol. The number of hydrogen-bond acceptors (Lipinski definition) is 5. The van der Waals surface area contributed by atoms with E-state index in [2.05, 4.69) is 27.7 Å². The molecule has 3 heterocycles. The number of thiazole rings is 1. The highest BCUT2D eigenvalue weighted by molar-refractivity contribution is 7.10. The van der Waals surface area contributed by atoms with Crippen LogP contribution in [0, 0.1) is 0 Å². The molecule has 1 aliphatic rings. The molecule has 0 amide bonds. The summed E-state index contributed by atoms with van der Waals surface area (Å²) < 4.78 is 7.37. The van der Waals surface area contributed by atoms with Gasteiger partial charge in [0.15, 0.2) is 0 Å². The number of aryl methyl sites for hydroxylation is 1. The van der Waals surface area contributed by atoms with E-state index in [0.29, 0.717) is 6.61 Å². The lowest BCUT2D eigenvalue weighted by Crippen LogP contribution is -2.34. The Bertz CT molecular complexity index is 516. The second kappa shape index (κ2) is 5.17. The Kier molecular flexibility index (Phi) is 3.40. The van der Waals surface area contributed by atoms with Crippen LogP contribution in [0.3, 0.4) is 0 Å². The molecule has 2 aromatic rings. The summed E-state index contributed by atoms with van der Waals surface area (Å²) in [6.07, 6.45) is 3.90. The summed E-state index contributed by atoms with van der Waals surface area (Å²) in [6, 6.07) is 0.235. The first-order chi connectivity index (χ1) is 8.86. The van der Waals surface area contributed by atoms with Gasteiger partial charge >= 0.3 is 0 Å². The van der Waals surface area contributed by atoms with Crippen LogP contribution in [0.15, 0.2) is 17.8 Å². The largest absolute Gasteiger partial charge is 0.378 e. The predicted octanol–water partition coefficient (Wildman–Crippen LogP) is 1.69. The second-order valence-electron chi connectivity index (χ2n) is 4.24. The van der Waals surface area contributed by atoms with Crippen LogP contribution in [0.4, 0.5) is 0 Å². The molecule has 3 rings (SSSR count). The van der Waals surface area contributed by atoms with Crippen molar-refractivity contribution in [3.63, 3.8) is 0 Å². The maximum Gasteiger partial charge on any atom is 0.113 e. The average Bonchev–Trinajstić information content (AvgIpc) is 3.08. The first-order valence-electron chi connectivity index (χ1n) is 6.16. The Hall–Kier alpha value is -1.24. The van der Waals surface area contributed by atoms with Crippen LogP contribution in [-0.2, 0) is 11.3 Å². The van der Waals surface area contributed by atoms with Gasteiger partial charge in [0.1, 0.15) is 5.01 Å². The number of nitrogens with zero attached hydrogens (tertiary/aromatic N) is 3. The molecular formula is C12H16N4OS. The summed E-state index contributed by atoms with van der Waals surface area (Å²) in [5, 5.41) is 10.9. The smallest absolute Gasteiger partial charge is 0.113 e. The normalized spacial score (nSPS) is 20.2. The molecule has 1 aliphatic heterocycles. The molecule has 1 fully saturated rings. The molecule has 18 heavy (non-hydrogen) atoms. The van der Waals surface area contributed by atoms with E-state index < -0.39 is 0 Å². The number of hydrogen-bond donors (Lipinski definition) is 1. The highest BCUT2D eigenvalue weighted by Gasteiger charge is 2.19. The summed E-state index contributed by atoms with van der Waals surface area (Å²) in [7, 11) is 0. The molecule has 0 aliphatic carbocycles. The summed E-state index contributed by atoms with van der Waals surface area (Å²) in [6.45, 7) is 5.36. The molecule has 6 heteroatoms. The van der Waals surface area contributed by atoms with Crippen LogP contribution in [0.2, 0.25) is 0 Å². The Morgan fingerprint density at radius 2 is 2.56 bits per heavy atom. The van der Waals surface area contributed by atoms with Gasteiger partial charge in [-0.1, -0.05) is 0 Å². The lowest BCUT2D eigenvalue weighted by atomic mass is 10.2. The molecule has 0 saturated carbocycles. The van der Waals surface area contributed by atoms with Gasteiger partial charge in [0.25, 0.3) is 0 Å². The quantitative estimate of drug-likeness (QED) is 0.916. The van der Waals surface area contributed by atoms with Gasteiger partial charge in [-0.3, -0.25) is 4.68 Å². The van der Waals surface area contributed by atoms with Gasteiger partial charge in [-0.15, -0.1) is 11.3 Å². The minimum absolute atomic E-state index is 0.235. The van der Waals surface area contributed by atoms with Gasteiger partial charge < -0.3 is 10.1 Å². The fourth-order valence-electron chi connectivity index (χ4n) is 1.97. The molecule has 2 aromatic heterocycles. The second-order valence-corrected chi connectivity index (χ2v) is 5.13. The lowest BCUT2D eigenvalue weighted by Gasteiger charge is -2.21. The zero-order chi connectivity index (χ0) is 12.4. The number of ether oxygens (including phenoxy) is 1. The maximum absolute atomic E-state index is 5.46. The molecule has 0 radical (unpaired) electrons. The summed E-state index contributed by atoms with van der Waals surface area (Å²) in [4.78, 5) is 4.67. The Labute approximate surface area is 110 Å². The third-order valence-electron chi connectivity index (χ3n) is 2.99. The minimum Gasteiger partial charge on any atom is -0.378 e. The standard InChI is InChI=1S/C12H16N4OS/c1-2-16-6-9(5-14-16)11-8-18-12(15-11)10-7-17-4-3-13-10/h5-6,8,10,13H,2-4,7H2,1H3. The molecule has 0 aromatic carbocycles. The zero-order valence-electron chi connectivity index (χ0n) is 10.3. The van der Waals surface area contributed by atoms with Crippen molar-refractivity contribution >= 4 is 11.3 Å². The van der Waals surface area contributed by atoms with Gasteiger partial charge in [-0.2, -0.15) is 5.10 Å². The third-order valence-corrected chi connectivity index (χ3v) is 3.95. The predicted molar refractivity (Wildman–Crippen MR) is 70.6 cm³/mol. The van der Waals surface area contributed by atoms with E-state index in [-0.39, 0.29) is 6.04 Å². The van der Waals surface area contributed by atoms with Crippen molar-refractivity contribution in [2.75, 3.05) is 19.8 Å². The van der Waals surface area contributed by atoms with Gasteiger partial charge in [-0.05, 0) is 6.92 Å². The number of morpholine rings is 1. The number of aromatic nitrogens is 3. The molecule has 1 unspecified atom stereocenters. The van der Waals surface area contributed by atoms with Crippen molar-refractivity contribution in [3.8, 4) is 11.3 Å². The number of rotatable bonds is 3. The van der Waals surface area contributed by atoms with Gasteiger partial charge in [-0.25, -0.2) is 4.98 Å². The van der Waals surface area contributed by atoms with E-state index in [1.54, 1.807) is 11.3 Å². The SMILES string of the molecule is CCn1cc(-c2csc(C3COCCN3)n2)cn1.